The van der Waals surface area contributed by atoms with Gasteiger partial charge in [-0.1, -0.05) is 17.7 Å². The van der Waals surface area contributed by atoms with Gasteiger partial charge in [-0.3, -0.25) is 20.3 Å². The van der Waals surface area contributed by atoms with Crippen molar-refractivity contribution >= 4 is 46.0 Å². The van der Waals surface area contributed by atoms with Crippen molar-refractivity contribution in [1.82, 2.24) is 14.5 Å². The standard InChI is InChI=1S/C23H23ClF3N7/c1-31(20-18-6-5-15(24)7-19(18)34(14-28)21(29)30-20)16-3-2-4-17(8-16)33-11-22(12-33)9-32(10-22)13-23(25,26)27/h2-8,14,28-29H,9-13H2,1H3. The Morgan fingerprint density at radius 3 is 2.56 bits per heavy atom. The van der Waals surface area contributed by atoms with Crippen molar-refractivity contribution in [3.63, 3.8) is 0 Å². The number of nitrogens with zero attached hydrogens (tertiary/aromatic N) is 5. The van der Waals surface area contributed by atoms with Crippen LogP contribution in [0.4, 0.5) is 30.4 Å². The second kappa shape index (κ2) is 7.99. The monoisotopic (exact) mass is 489 g/mol. The molecule has 0 bridgehead atoms. The maximum absolute atomic E-state index is 12.6. The van der Waals surface area contributed by atoms with Crippen LogP contribution in [0.25, 0.3) is 10.9 Å². The molecule has 0 saturated carbocycles. The van der Waals surface area contributed by atoms with Gasteiger partial charge >= 0.3 is 6.18 Å². The van der Waals surface area contributed by atoms with E-state index in [1.807, 2.05) is 42.3 Å². The summed E-state index contributed by atoms with van der Waals surface area (Å²) in [6.45, 7) is 1.58. The van der Waals surface area contributed by atoms with Gasteiger partial charge in [0.15, 0.2) is 0 Å². The SMILES string of the molecule is CN(c1cccc(N2CC3(CN(CC(F)(F)F)C3)C2)c1)c1nc(=N)n(C=N)c2cc(Cl)ccc12. The van der Waals surface area contributed by atoms with Crippen molar-refractivity contribution in [3.8, 4) is 0 Å². The van der Waals surface area contributed by atoms with Gasteiger partial charge in [0.25, 0.3) is 0 Å². The van der Waals surface area contributed by atoms with Gasteiger partial charge in [-0.15, -0.1) is 0 Å². The molecule has 5 rings (SSSR count). The number of nitrogens with one attached hydrogen (secondary N) is 2. The number of benzene rings is 2. The Morgan fingerprint density at radius 2 is 1.88 bits per heavy atom. The van der Waals surface area contributed by atoms with Crippen molar-refractivity contribution in [2.75, 3.05) is 49.6 Å². The van der Waals surface area contributed by atoms with E-state index in [0.717, 1.165) is 36.2 Å². The summed E-state index contributed by atoms with van der Waals surface area (Å²) in [5, 5.41) is 17.2. The van der Waals surface area contributed by atoms with Gasteiger partial charge in [-0.25, -0.2) is 0 Å². The van der Waals surface area contributed by atoms with E-state index in [-0.39, 0.29) is 11.0 Å². The summed E-state index contributed by atoms with van der Waals surface area (Å²) in [6, 6.07) is 13.2. The summed E-state index contributed by atoms with van der Waals surface area (Å²) >= 11 is 6.16. The first kappa shape index (κ1) is 22.7. The predicted octanol–water partition coefficient (Wildman–Crippen LogP) is 4.08. The Kier molecular flexibility index (Phi) is 5.33. The Morgan fingerprint density at radius 1 is 1.15 bits per heavy atom. The largest absolute Gasteiger partial charge is 0.401 e. The Labute approximate surface area is 199 Å². The number of hydrogen-bond donors (Lipinski definition) is 2. The molecule has 3 aromatic rings. The van der Waals surface area contributed by atoms with E-state index >= 15 is 0 Å². The van der Waals surface area contributed by atoms with Gasteiger partial charge < -0.3 is 9.80 Å². The smallest absolute Gasteiger partial charge is 0.370 e. The number of halogens is 4. The van der Waals surface area contributed by atoms with Crippen LogP contribution < -0.4 is 15.4 Å². The Balaban J connectivity index is 1.37. The van der Waals surface area contributed by atoms with Crippen LogP contribution in [-0.4, -0.2) is 66.7 Å². The Bertz CT molecular complexity index is 1320. The third-order valence-electron chi connectivity index (χ3n) is 6.50. The molecule has 0 atom stereocenters. The van der Waals surface area contributed by atoms with Crippen LogP contribution in [0.15, 0.2) is 42.5 Å². The van der Waals surface area contributed by atoms with Crippen LogP contribution >= 0.6 is 11.6 Å². The molecule has 2 aliphatic rings. The number of aromatic nitrogens is 2. The summed E-state index contributed by atoms with van der Waals surface area (Å²) in [5.74, 6) is 0.564. The molecule has 0 radical (unpaired) electrons. The van der Waals surface area contributed by atoms with Gasteiger partial charge in [-0.05, 0) is 36.4 Å². The number of likely N-dealkylation sites (tertiary alicyclic amines) is 1. The molecule has 3 heterocycles. The van der Waals surface area contributed by atoms with E-state index in [9.17, 15) is 13.2 Å². The average Bonchev–Trinajstić information content (AvgIpc) is 2.72. The van der Waals surface area contributed by atoms with Gasteiger partial charge in [-0.2, -0.15) is 18.2 Å². The molecule has 7 nitrogen and oxygen atoms in total. The lowest BCUT2D eigenvalue weighted by Gasteiger charge is -2.61. The van der Waals surface area contributed by atoms with Gasteiger partial charge in [0, 0.05) is 60.4 Å². The third kappa shape index (κ3) is 4.01. The van der Waals surface area contributed by atoms with Crippen molar-refractivity contribution < 1.29 is 13.2 Å². The van der Waals surface area contributed by atoms with Crippen molar-refractivity contribution in [2.24, 2.45) is 5.41 Å². The minimum Gasteiger partial charge on any atom is -0.370 e. The topological polar surface area (TPSA) is 75.2 Å². The van der Waals surface area contributed by atoms with E-state index in [1.165, 1.54) is 9.47 Å². The van der Waals surface area contributed by atoms with E-state index in [4.69, 9.17) is 22.4 Å². The lowest BCUT2D eigenvalue weighted by atomic mass is 9.72. The minimum absolute atomic E-state index is 0.0515. The molecule has 0 unspecified atom stereocenters. The molecule has 2 saturated heterocycles. The minimum atomic E-state index is -4.15. The zero-order valence-electron chi connectivity index (χ0n) is 18.4. The molecule has 1 spiro atoms. The molecular formula is C23H23ClF3N7. The lowest BCUT2D eigenvalue weighted by molar-refractivity contribution is -0.172. The second-order valence-corrected chi connectivity index (χ2v) is 9.55. The van der Waals surface area contributed by atoms with Crippen LogP contribution in [0.5, 0.6) is 0 Å². The zero-order valence-corrected chi connectivity index (χ0v) is 19.2. The fraction of sp³-hybridized carbons (Fsp3) is 0.348. The summed E-state index contributed by atoms with van der Waals surface area (Å²) in [6.07, 6.45) is -3.11. The molecule has 178 valence electrons. The molecule has 2 aliphatic heterocycles. The first-order valence-corrected chi connectivity index (χ1v) is 11.1. The van der Waals surface area contributed by atoms with Crippen molar-refractivity contribution in [3.05, 3.63) is 53.1 Å². The fourth-order valence-electron chi connectivity index (χ4n) is 5.04. The van der Waals surface area contributed by atoms with E-state index in [0.29, 0.717) is 29.4 Å². The molecule has 34 heavy (non-hydrogen) atoms. The summed E-state index contributed by atoms with van der Waals surface area (Å²) in [7, 11) is 1.86. The average molecular weight is 490 g/mol. The van der Waals surface area contributed by atoms with Crippen LogP contribution in [0.3, 0.4) is 0 Å². The highest BCUT2D eigenvalue weighted by atomic mass is 35.5. The fourth-order valence-corrected chi connectivity index (χ4v) is 5.21. The first-order chi connectivity index (χ1) is 16.1. The summed E-state index contributed by atoms with van der Waals surface area (Å²) < 4.78 is 39.1. The lowest BCUT2D eigenvalue weighted by Crippen LogP contribution is -2.73. The highest BCUT2D eigenvalue weighted by molar-refractivity contribution is 6.31. The third-order valence-corrected chi connectivity index (χ3v) is 6.74. The van der Waals surface area contributed by atoms with Crippen LogP contribution in [0.1, 0.15) is 0 Å². The first-order valence-electron chi connectivity index (χ1n) is 10.7. The zero-order chi connectivity index (χ0) is 24.3. The summed E-state index contributed by atoms with van der Waals surface area (Å²) in [5.41, 5.74) is 2.33. The highest BCUT2D eigenvalue weighted by Gasteiger charge is 2.53. The normalized spacial score (nSPS) is 17.5. The van der Waals surface area contributed by atoms with Gasteiger partial charge in [0.05, 0.1) is 18.4 Å². The van der Waals surface area contributed by atoms with Crippen LogP contribution in [0.2, 0.25) is 5.02 Å². The van der Waals surface area contributed by atoms with Gasteiger partial charge in [0.2, 0.25) is 5.62 Å². The Hall–Kier alpha value is -3.11. The maximum Gasteiger partial charge on any atom is 0.401 e. The molecule has 1 aromatic heterocycles. The number of alkyl halides is 3. The maximum atomic E-state index is 12.6. The van der Waals surface area contributed by atoms with Crippen LogP contribution in [0, 0.1) is 16.2 Å². The predicted molar refractivity (Wildman–Crippen MR) is 126 cm³/mol. The van der Waals surface area contributed by atoms with Gasteiger partial charge in [0.1, 0.15) is 5.82 Å². The highest BCUT2D eigenvalue weighted by Crippen LogP contribution is 2.43. The number of hydrogen-bond acceptors (Lipinski definition) is 6. The molecule has 2 N–H and O–H groups in total. The van der Waals surface area contributed by atoms with E-state index in [1.54, 1.807) is 12.1 Å². The molecule has 2 aromatic carbocycles. The quantitative estimate of drug-likeness (QED) is 0.418. The second-order valence-electron chi connectivity index (χ2n) is 9.11. The molecular weight excluding hydrogens is 467 g/mol. The van der Waals surface area contributed by atoms with E-state index in [2.05, 4.69) is 9.88 Å². The molecule has 11 heteroatoms. The molecule has 0 amide bonds. The van der Waals surface area contributed by atoms with Crippen LogP contribution in [-0.2, 0) is 0 Å². The van der Waals surface area contributed by atoms with Crippen molar-refractivity contribution in [1.29, 1.82) is 10.8 Å². The number of anilines is 3. The molecule has 2 fully saturated rings. The van der Waals surface area contributed by atoms with E-state index < -0.39 is 12.7 Å². The summed E-state index contributed by atoms with van der Waals surface area (Å²) in [4.78, 5) is 9.94. The molecule has 0 aliphatic carbocycles. The van der Waals surface area contributed by atoms with Crippen molar-refractivity contribution in [2.45, 2.75) is 6.18 Å². The number of rotatable bonds is 5. The number of fused-ring (bicyclic) bond motifs is 1.